The number of carbonyl (C=O) groups excluding carboxylic acids is 3. The van der Waals surface area contributed by atoms with Gasteiger partial charge >= 0.3 is 0 Å². The highest BCUT2D eigenvalue weighted by Gasteiger charge is 2.33. The molecule has 9 nitrogen and oxygen atoms in total. The van der Waals surface area contributed by atoms with Gasteiger partial charge in [-0.25, -0.2) is 0 Å². The normalized spacial score (nSPS) is 17.3. The fraction of sp³-hybridized carbons (Fsp3) is 0.280. The van der Waals surface area contributed by atoms with Gasteiger partial charge in [-0.3, -0.25) is 24.7 Å². The van der Waals surface area contributed by atoms with Crippen LogP contribution < -0.4 is 15.5 Å². The molecule has 2 fully saturated rings. The summed E-state index contributed by atoms with van der Waals surface area (Å²) in [7, 11) is 0. The van der Waals surface area contributed by atoms with E-state index < -0.39 is 5.91 Å². The van der Waals surface area contributed by atoms with Crippen molar-refractivity contribution >= 4 is 57.8 Å². The lowest BCUT2D eigenvalue weighted by Gasteiger charge is -2.26. The quantitative estimate of drug-likeness (QED) is 0.380. The summed E-state index contributed by atoms with van der Waals surface area (Å²) in [6.45, 7) is 3.27. The van der Waals surface area contributed by atoms with Gasteiger partial charge in [0.25, 0.3) is 11.8 Å². The maximum absolute atomic E-state index is 12.9. The number of hydrogen-bond acceptors (Lipinski definition) is 8. The number of anilines is 1. The molecule has 36 heavy (non-hydrogen) atoms. The van der Waals surface area contributed by atoms with Gasteiger partial charge in [0.2, 0.25) is 5.91 Å². The smallest absolute Gasteiger partial charge is 0.285 e. The number of nitrogens with zero attached hydrogens (tertiary/aromatic N) is 2. The van der Waals surface area contributed by atoms with Crippen molar-refractivity contribution in [2.45, 2.75) is 6.42 Å². The van der Waals surface area contributed by atoms with Gasteiger partial charge in [0.05, 0.1) is 18.1 Å². The Bertz CT molecular complexity index is 1150. The molecule has 0 unspecified atom stereocenters. The molecule has 3 amide bonds. The highest BCUT2D eigenvalue weighted by atomic mass is 32.2. The summed E-state index contributed by atoms with van der Waals surface area (Å²) in [6, 6.07) is 16.2. The predicted molar refractivity (Wildman–Crippen MR) is 142 cm³/mol. The minimum Gasteiger partial charge on any atom is -0.483 e. The van der Waals surface area contributed by atoms with Gasteiger partial charge in [-0.1, -0.05) is 48.2 Å². The molecule has 2 aromatic carbocycles. The summed E-state index contributed by atoms with van der Waals surface area (Å²) >= 11 is 6.41. The van der Waals surface area contributed by atoms with E-state index in [-0.39, 0.29) is 29.2 Å². The third-order valence-corrected chi connectivity index (χ3v) is 6.71. The van der Waals surface area contributed by atoms with Gasteiger partial charge in [0, 0.05) is 37.3 Å². The minimum absolute atomic E-state index is 0.195. The highest BCUT2D eigenvalue weighted by Crippen LogP contribution is 2.33. The first kappa shape index (κ1) is 25.8. The third kappa shape index (κ3) is 7.14. The topological polar surface area (TPSA) is 100 Å². The number of thioether (sulfide) groups is 1. The van der Waals surface area contributed by atoms with Crippen molar-refractivity contribution in [1.82, 2.24) is 15.3 Å². The van der Waals surface area contributed by atoms with E-state index in [9.17, 15) is 14.4 Å². The van der Waals surface area contributed by atoms with E-state index in [2.05, 4.69) is 15.6 Å². The number of nitrogens with one attached hydrogen (secondary N) is 2. The number of benzene rings is 2. The van der Waals surface area contributed by atoms with E-state index in [0.29, 0.717) is 41.7 Å². The van der Waals surface area contributed by atoms with Crippen LogP contribution >= 0.6 is 24.0 Å². The van der Waals surface area contributed by atoms with Gasteiger partial charge in [0.1, 0.15) is 5.75 Å². The summed E-state index contributed by atoms with van der Waals surface area (Å²) in [4.78, 5) is 40.1. The average Bonchev–Trinajstić information content (AvgIpc) is 3.15. The van der Waals surface area contributed by atoms with E-state index in [1.165, 1.54) is 0 Å². The number of rotatable bonds is 9. The molecule has 11 heteroatoms. The molecule has 2 aliphatic rings. The zero-order valence-electron chi connectivity index (χ0n) is 19.5. The van der Waals surface area contributed by atoms with Crippen LogP contribution in [0.15, 0.2) is 59.5 Å². The molecule has 0 saturated carbocycles. The summed E-state index contributed by atoms with van der Waals surface area (Å²) in [5.74, 6) is -0.559. The zero-order chi connectivity index (χ0) is 25.3. The number of morpholine rings is 1. The van der Waals surface area contributed by atoms with Crippen molar-refractivity contribution < 1.29 is 23.9 Å². The van der Waals surface area contributed by atoms with Crippen LogP contribution in [0, 0.1) is 0 Å². The van der Waals surface area contributed by atoms with Crippen molar-refractivity contribution in [3.8, 4) is 5.75 Å². The van der Waals surface area contributed by atoms with Crippen molar-refractivity contribution in [2.24, 2.45) is 0 Å². The number of amides is 3. The molecule has 0 radical (unpaired) electrons. The van der Waals surface area contributed by atoms with Crippen LogP contribution in [0.1, 0.15) is 12.0 Å². The summed E-state index contributed by atoms with van der Waals surface area (Å²) in [6.07, 6.45) is 1.89. The molecular weight excluding hydrogens is 500 g/mol. The van der Waals surface area contributed by atoms with E-state index in [0.717, 1.165) is 29.9 Å². The van der Waals surface area contributed by atoms with Crippen LogP contribution in [0.2, 0.25) is 0 Å². The van der Waals surface area contributed by atoms with Gasteiger partial charge in [-0.05, 0) is 36.5 Å². The lowest BCUT2D eigenvalue weighted by atomic mass is 10.2. The molecule has 0 bridgehead atoms. The van der Waals surface area contributed by atoms with Crippen LogP contribution in [0.3, 0.4) is 0 Å². The van der Waals surface area contributed by atoms with Crippen LogP contribution in [0.25, 0.3) is 6.08 Å². The zero-order valence-corrected chi connectivity index (χ0v) is 21.1. The highest BCUT2D eigenvalue weighted by molar-refractivity contribution is 8.26. The first-order valence-electron chi connectivity index (χ1n) is 11.4. The molecule has 0 aromatic heterocycles. The Morgan fingerprint density at radius 2 is 1.78 bits per heavy atom. The lowest BCUT2D eigenvalue weighted by Crippen LogP contribution is -2.46. The number of ether oxygens (including phenoxy) is 2. The fourth-order valence-electron chi connectivity index (χ4n) is 3.56. The Hall–Kier alpha value is -3.25. The molecule has 4 rings (SSSR count). The number of para-hydroxylation sites is 2. The lowest BCUT2D eigenvalue weighted by molar-refractivity contribution is -0.133. The van der Waals surface area contributed by atoms with Crippen LogP contribution in [0.4, 0.5) is 5.69 Å². The maximum atomic E-state index is 12.9. The molecular formula is C25H26N4O5S2. The monoisotopic (exact) mass is 526 g/mol. The molecule has 2 N–H and O–H groups in total. The molecule has 2 saturated heterocycles. The molecule has 0 atom stereocenters. The van der Waals surface area contributed by atoms with E-state index in [4.69, 9.17) is 21.7 Å². The van der Waals surface area contributed by atoms with Crippen molar-refractivity contribution in [3.63, 3.8) is 0 Å². The van der Waals surface area contributed by atoms with E-state index >= 15 is 0 Å². The summed E-state index contributed by atoms with van der Waals surface area (Å²) < 4.78 is 11.3. The number of thiocarbonyl (C=S) groups is 1. The number of hydrogen-bond donors (Lipinski definition) is 2. The maximum Gasteiger partial charge on any atom is 0.285 e. The first-order valence-corrected chi connectivity index (χ1v) is 12.7. The second-order valence-electron chi connectivity index (χ2n) is 8.00. The van der Waals surface area contributed by atoms with Crippen LogP contribution in [0.5, 0.6) is 5.75 Å². The summed E-state index contributed by atoms with van der Waals surface area (Å²) in [5.41, 5.74) is 3.90. The molecule has 0 aliphatic carbocycles. The molecule has 2 aromatic rings. The van der Waals surface area contributed by atoms with Crippen molar-refractivity contribution in [2.75, 3.05) is 44.8 Å². The Morgan fingerprint density at radius 1 is 1.06 bits per heavy atom. The molecule has 2 heterocycles. The standard InChI is InChI=1S/C25H26N4O5S2/c30-22(10-11-28-12-14-33-15-13-28)27-29-24(32)21(36-25(29)35)16-18-6-4-5-9-20(18)34-17-23(31)26-19-7-2-1-3-8-19/h1-9,16H,10-15,17H2,(H,26,31)(H,27,30)/b21-16-. The number of carbonyl (C=O) groups is 3. The average molecular weight is 527 g/mol. The van der Waals surface area contributed by atoms with Gasteiger partial charge in [-0.15, -0.1) is 0 Å². The third-order valence-electron chi connectivity index (χ3n) is 5.41. The Balaban J connectivity index is 1.34. The molecule has 188 valence electrons. The largest absolute Gasteiger partial charge is 0.483 e. The second-order valence-corrected chi connectivity index (χ2v) is 9.67. The van der Waals surface area contributed by atoms with Crippen molar-refractivity contribution in [3.05, 3.63) is 65.1 Å². The summed E-state index contributed by atoms with van der Waals surface area (Å²) in [5, 5.41) is 3.86. The Morgan fingerprint density at radius 3 is 2.56 bits per heavy atom. The van der Waals surface area contributed by atoms with E-state index in [1.807, 2.05) is 18.2 Å². The Kier molecular flexibility index (Phi) is 9.06. The molecule has 2 aliphatic heterocycles. The minimum atomic E-state index is -0.415. The SMILES string of the molecule is O=C(COc1ccccc1/C=C1\SC(=S)N(NC(=O)CCN2CCOCC2)C1=O)Nc1ccccc1. The van der Waals surface area contributed by atoms with Crippen molar-refractivity contribution in [1.29, 1.82) is 0 Å². The predicted octanol–water partition coefficient (Wildman–Crippen LogP) is 2.66. The van der Waals surface area contributed by atoms with Gasteiger partial charge in [0.15, 0.2) is 10.9 Å². The Labute approximate surface area is 218 Å². The van der Waals surface area contributed by atoms with Crippen LogP contribution in [-0.2, 0) is 19.1 Å². The van der Waals surface area contributed by atoms with Gasteiger partial charge < -0.3 is 14.8 Å². The fourth-order valence-corrected chi connectivity index (χ4v) is 4.73. The van der Waals surface area contributed by atoms with Crippen LogP contribution in [-0.4, -0.2) is 71.4 Å². The van der Waals surface area contributed by atoms with E-state index in [1.54, 1.807) is 42.5 Å². The van der Waals surface area contributed by atoms with Gasteiger partial charge in [-0.2, -0.15) is 5.01 Å². The molecule has 0 spiro atoms. The first-order chi connectivity index (χ1) is 17.5. The second kappa shape index (κ2) is 12.6. The number of hydrazine groups is 1.